The molecule has 2 aromatic heterocycles. The lowest BCUT2D eigenvalue weighted by Gasteiger charge is -2.04. The van der Waals surface area contributed by atoms with Crippen LogP contribution in [-0.2, 0) is 0 Å². The largest absolute Gasteiger partial charge is 0.268 e. The molecule has 4 heteroatoms. The van der Waals surface area contributed by atoms with Crippen LogP contribution in [0.3, 0.4) is 0 Å². The van der Waals surface area contributed by atoms with E-state index in [0.29, 0.717) is 11.4 Å². The Balaban J connectivity index is 2.21. The van der Waals surface area contributed by atoms with Crippen LogP contribution < -0.4 is 0 Å². The van der Waals surface area contributed by atoms with Crippen LogP contribution in [0.2, 0.25) is 0 Å². The van der Waals surface area contributed by atoms with E-state index in [9.17, 15) is 4.79 Å². The first kappa shape index (κ1) is 10.7. The molecule has 0 aliphatic rings. The fourth-order valence-electron chi connectivity index (χ4n) is 2.02. The third-order valence-corrected chi connectivity index (χ3v) is 2.84. The van der Waals surface area contributed by atoms with Crippen molar-refractivity contribution < 1.29 is 4.79 Å². The Morgan fingerprint density at radius 2 is 2.00 bits per heavy atom. The molecule has 0 spiro atoms. The number of carbonyl (C=O) groups is 1. The maximum atomic E-state index is 12.4. The number of para-hydroxylation sites is 2. The minimum atomic E-state index is -0.102. The lowest BCUT2D eigenvalue weighted by molar-refractivity contribution is 0.0962. The number of imidazole rings is 1. The SMILES string of the molecule is Cc1nc2ccccc2n1C(=O)c1cccnc1. The highest BCUT2D eigenvalue weighted by Gasteiger charge is 2.15. The molecular formula is C14H11N3O. The molecule has 18 heavy (non-hydrogen) atoms. The highest BCUT2D eigenvalue weighted by Crippen LogP contribution is 2.16. The Kier molecular flexibility index (Phi) is 2.41. The van der Waals surface area contributed by atoms with Crippen molar-refractivity contribution in [2.45, 2.75) is 6.92 Å². The van der Waals surface area contributed by atoms with Crippen molar-refractivity contribution >= 4 is 16.9 Å². The normalized spacial score (nSPS) is 10.7. The van der Waals surface area contributed by atoms with Gasteiger partial charge in [0.25, 0.3) is 5.91 Å². The fourth-order valence-corrected chi connectivity index (χ4v) is 2.02. The zero-order valence-electron chi connectivity index (χ0n) is 9.87. The minimum Gasteiger partial charge on any atom is -0.268 e. The van der Waals surface area contributed by atoms with Gasteiger partial charge < -0.3 is 0 Å². The highest BCUT2D eigenvalue weighted by molar-refractivity contribution is 6.01. The van der Waals surface area contributed by atoms with Crippen LogP contribution in [-0.4, -0.2) is 20.4 Å². The predicted molar refractivity (Wildman–Crippen MR) is 68.4 cm³/mol. The number of pyridine rings is 1. The molecule has 88 valence electrons. The van der Waals surface area contributed by atoms with Gasteiger partial charge in [-0.1, -0.05) is 12.1 Å². The summed E-state index contributed by atoms with van der Waals surface area (Å²) in [5, 5.41) is 0. The Labute approximate surface area is 104 Å². The summed E-state index contributed by atoms with van der Waals surface area (Å²) in [6, 6.07) is 11.1. The number of carbonyl (C=O) groups excluding carboxylic acids is 1. The molecule has 2 heterocycles. The van der Waals surface area contributed by atoms with Gasteiger partial charge in [0.1, 0.15) is 5.82 Å². The zero-order chi connectivity index (χ0) is 12.5. The first-order chi connectivity index (χ1) is 8.77. The van der Waals surface area contributed by atoms with E-state index in [2.05, 4.69) is 9.97 Å². The summed E-state index contributed by atoms with van der Waals surface area (Å²) in [4.78, 5) is 20.8. The maximum absolute atomic E-state index is 12.4. The fraction of sp³-hybridized carbons (Fsp3) is 0.0714. The van der Waals surface area contributed by atoms with Crippen molar-refractivity contribution in [3.05, 3.63) is 60.2 Å². The third-order valence-electron chi connectivity index (χ3n) is 2.84. The summed E-state index contributed by atoms with van der Waals surface area (Å²) >= 11 is 0. The molecule has 0 aliphatic heterocycles. The van der Waals surface area contributed by atoms with Gasteiger partial charge in [0.15, 0.2) is 0 Å². The van der Waals surface area contributed by atoms with Gasteiger partial charge in [0.05, 0.1) is 16.6 Å². The average Bonchev–Trinajstić information content (AvgIpc) is 2.75. The van der Waals surface area contributed by atoms with Crippen molar-refractivity contribution in [1.29, 1.82) is 0 Å². The van der Waals surface area contributed by atoms with E-state index in [0.717, 1.165) is 11.0 Å². The molecule has 0 aliphatic carbocycles. The van der Waals surface area contributed by atoms with Crippen molar-refractivity contribution in [3.63, 3.8) is 0 Å². The van der Waals surface area contributed by atoms with E-state index in [1.807, 2.05) is 31.2 Å². The van der Waals surface area contributed by atoms with Gasteiger partial charge in [0, 0.05) is 12.4 Å². The number of fused-ring (bicyclic) bond motifs is 1. The molecule has 3 aromatic rings. The maximum Gasteiger partial charge on any atom is 0.265 e. The molecule has 0 fully saturated rings. The summed E-state index contributed by atoms with van der Waals surface area (Å²) in [6.45, 7) is 1.83. The Morgan fingerprint density at radius 3 is 2.78 bits per heavy atom. The highest BCUT2D eigenvalue weighted by atomic mass is 16.2. The number of aromatic nitrogens is 3. The van der Waals surface area contributed by atoms with Crippen molar-refractivity contribution in [2.75, 3.05) is 0 Å². The van der Waals surface area contributed by atoms with Crippen LogP contribution in [0.1, 0.15) is 16.2 Å². The molecule has 0 atom stereocenters. The molecule has 4 nitrogen and oxygen atoms in total. The van der Waals surface area contributed by atoms with E-state index < -0.39 is 0 Å². The van der Waals surface area contributed by atoms with E-state index in [1.165, 1.54) is 0 Å². The summed E-state index contributed by atoms with van der Waals surface area (Å²) in [6.07, 6.45) is 3.21. The Bertz CT molecular complexity index is 716. The first-order valence-electron chi connectivity index (χ1n) is 5.66. The number of aryl methyl sites for hydroxylation is 1. The van der Waals surface area contributed by atoms with Gasteiger partial charge in [-0.2, -0.15) is 0 Å². The average molecular weight is 237 g/mol. The van der Waals surface area contributed by atoms with Crippen LogP contribution in [0, 0.1) is 6.92 Å². The molecule has 1 aromatic carbocycles. The van der Waals surface area contributed by atoms with Gasteiger partial charge in [0.2, 0.25) is 0 Å². The minimum absolute atomic E-state index is 0.102. The van der Waals surface area contributed by atoms with Crippen molar-refractivity contribution in [2.24, 2.45) is 0 Å². The topological polar surface area (TPSA) is 47.8 Å². The number of nitrogens with zero attached hydrogens (tertiary/aromatic N) is 3. The molecule has 3 rings (SSSR count). The summed E-state index contributed by atoms with van der Waals surface area (Å²) in [5.74, 6) is 0.583. The standard InChI is InChI=1S/C14H11N3O/c1-10-16-12-6-2-3-7-13(12)17(10)14(18)11-5-4-8-15-9-11/h2-9H,1H3. The first-order valence-corrected chi connectivity index (χ1v) is 5.66. The second-order valence-corrected chi connectivity index (χ2v) is 4.03. The second kappa shape index (κ2) is 4.07. The van der Waals surface area contributed by atoms with Crippen LogP contribution in [0.25, 0.3) is 11.0 Å². The lowest BCUT2D eigenvalue weighted by Crippen LogP contribution is -2.13. The molecule has 0 bridgehead atoms. The third kappa shape index (κ3) is 1.59. The number of hydrogen-bond acceptors (Lipinski definition) is 3. The van der Waals surface area contributed by atoms with E-state index >= 15 is 0 Å². The molecule has 0 saturated heterocycles. The quantitative estimate of drug-likeness (QED) is 0.653. The molecule has 0 saturated carbocycles. The smallest absolute Gasteiger partial charge is 0.265 e. The molecular weight excluding hydrogens is 226 g/mol. The summed E-state index contributed by atoms with van der Waals surface area (Å²) in [7, 11) is 0. The molecule has 0 amide bonds. The number of hydrogen-bond donors (Lipinski definition) is 0. The second-order valence-electron chi connectivity index (χ2n) is 4.03. The van der Waals surface area contributed by atoms with E-state index in [4.69, 9.17) is 0 Å². The van der Waals surface area contributed by atoms with Crippen LogP contribution in [0.15, 0.2) is 48.8 Å². The van der Waals surface area contributed by atoms with Gasteiger partial charge in [-0.3, -0.25) is 14.3 Å². The van der Waals surface area contributed by atoms with E-state index in [1.54, 1.807) is 29.1 Å². The molecule has 0 unspecified atom stereocenters. The predicted octanol–water partition coefficient (Wildman–Crippen LogP) is 2.43. The van der Waals surface area contributed by atoms with Gasteiger partial charge in [-0.25, -0.2) is 4.98 Å². The van der Waals surface area contributed by atoms with Crippen LogP contribution >= 0.6 is 0 Å². The lowest BCUT2D eigenvalue weighted by atomic mass is 10.2. The van der Waals surface area contributed by atoms with Gasteiger partial charge in [-0.05, 0) is 31.2 Å². The molecule has 0 radical (unpaired) electrons. The zero-order valence-corrected chi connectivity index (χ0v) is 9.87. The monoisotopic (exact) mass is 237 g/mol. The van der Waals surface area contributed by atoms with Gasteiger partial charge >= 0.3 is 0 Å². The van der Waals surface area contributed by atoms with Crippen LogP contribution in [0.4, 0.5) is 0 Å². The van der Waals surface area contributed by atoms with Crippen molar-refractivity contribution in [1.82, 2.24) is 14.5 Å². The number of rotatable bonds is 1. The van der Waals surface area contributed by atoms with E-state index in [-0.39, 0.29) is 5.91 Å². The summed E-state index contributed by atoms with van der Waals surface area (Å²) < 4.78 is 1.62. The number of benzene rings is 1. The Morgan fingerprint density at radius 1 is 1.17 bits per heavy atom. The Hall–Kier alpha value is -2.49. The van der Waals surface area contributed by atoms with Gasteiger partial charge in [-0.15, -0.1) is 0 Å². The summed E-state index contributed by atoms with van der Waals surface area (Å²) in [5.41, 5.74) is 2.21. The molecule has 0 N–H and O–H groups in total. The van der Waals surface area contributed by atoms with Crippen LogP contribution in [0.5, 0.6) is 0 Å². The van der Waals surface area contributed by atoms with Crippen molar-refractivity contribution in [3.8, 4) is 0 Å².